The maximum absolute atomic E-state index is 10.9. The highest BCUT2D eigenvalue weighted by Gasteiger charge is 2.42. The zero-order valence-electron chi connectivity index (χ0n) is 15.5. The SMILES string of the molecule is CC1(C)Cc2cc(Cl)cc(COc3ccc(CC4CC4C(=O)O)cc3)c2O1. The summed E-state index contributed by atoms with van der Waals surface area (Å²) in [6.45, 7) is 4.53. The Labute approximate surface area is 164 Å². The van der Waals surface area contributed by atoms with E-state index in [9.17, 15) is 4.79 Å². The molecule has 2 atom stereocenters. The number of rotatable bonds is 6. The monoisotopic (exact) mass is 386 g/mol. The van der Waals surface area contributed by atoms with E-state index in [1.165, 1.54) is 0 Å². The van der Waals surface area contributed by atoms with E-state index in [0.29, 0.717) is 11.6 Å². The number of ether oxygens (including phenoxy) is 2. The fourth-order valence-electron chi connectivity index (χ4n) is 3.81. The summed E-state index contributed by atoms with van der Waals surface area (Å²) in [4.78, 5) is 10.9. The molecular weight excluding hydrogens is 364 g/mol. The number of carboxylic acid groups (broad SMARTS) is 1. The number of hydrogen-bond donors (Lipinski definition) is 1. The van der Waals surface area contributed by atoms with Crippen LogP contribution in [0.4, 0.5) is 0 Å². The molecule has 1 aliphatic heterocycles. The summed E-state index contributed by atoms with van der Waals surface area (Å²) in [5.74, 6) is 1.07. The summed E-state index contributed by atoms with van der Waals surface area (Å²) in [5, 5.41) is 9.70. The smallest absolute Gasteiger partial charge is 0.306 e. The molecule has 0 saturated heterocycles. The van der Waals surface area contributed by atoms with E-state index in [2.05, 4.69) is 13.8 Å². The van der Waals surface area contributed by atoms with Crippen LogP contribution in [0.15, 0.2) is 36.4 Å². The van der Waals surface area contributed by atoms with E-state index < -0.39 is 5.97 Å². The molecule has 142 valence electrons. The lowest BCUT2D eigenvalue weighted by atomic mass is 10.0. The molecule has 1 aliphatic carbocycles. The Morgan fingerprint density at radius 1 is 1.30 bits per heavy atom. The summed E-state index contributed by atoms with van der Waals surface area (Å²) in [7, 11) is 0. The number of halogens is 1. The highest BCUT2D eigenvalue weighted by atomic mass is 35.5. The Balaban J connectivity index is 1.39. The van der Waals surface area contributed by atoms with Gasteiger partial charge in [-0.05, 0) is 68.0 Å². The lowest BCUT2D eigenvalue weighted by Gasteiger charge is -2.18. The average molecular weight is 387 g/mol. The molecule has 0 bridgehead atoms. The van der Waals surface area contributed by atoms with Crippen molar-refractivity contribution >= 4 is 17.6 Å². The van der Waals surface area contributed by atoms with E-state index in [0.717, 1.165) is 47.5 Å². The van der Waals surface area contributed by atoms with Gasteiger partial charge in [0.1, 0.15) is 23.7 Å². The molecule has 1 fully saturated rings. The van der Waals surface area contributed by atoms with Crippen LogP contribution in [0.3, 0.4) is 0 Å². The molecule has 0 amide bonds. The van der Waals surface area contributed by atoms with Crippen molar-refractivity contribution in [2.24, 2.45) is 11.8 Å². The number of hydrogen-bond acceptors (Lipinski definition) is 3. The summed E-state index contributed by atoms with van der Waals surface area (Å²) in [5.41, 5.74) is 3.00. The first-order valence-electron chi connectivity index (χ1n) is 9.25. The first-order chi connectivity index (χ1) is 12.8. The van der Waals surface area contributed by atoms with E-state index in [1.807, 2.05) is 36.4 Å². The van der Waals surface area contributed by atoms with Gasteiger partial charge in [-0.3, -0.25) is 4.79 Å². The Bertz CT molecular complexity index is 873. The quantitative estimate of drug-likeness (QED) is 0.767. The van der Waals surface area contributed by atoms with Crippen LogP contribution in [0.1, 0.15) is 37.0 Å². The normalized spacial score (nSPS) is 22.0. The molecule has 0 spiro atoms. The molecule has 2 aromatic carbocycles. The van der Waals surface area contributed by atoms with Crippen LogP contribution in [0, 0.1) is 11.8 Å². The first kappa shape index (κ1) is 18.2. The van der Waals surface area contributed by atoms with Crippen LogP contribution in [0.5, 0.6) is 11.5 Å². The van der Waals surface area contributed by atoms with Crippen LogP contribution >= 0.6 is 11.6 Å². The molecule has 1 saturated carbocycles. The number of fused-ring (bicyclic) bond motifs is 1. The highest BCUT2D eigenvalue weighted by molar-refractivity contribution is 6.30. The molecular formula is C22H23ClO4. The van der Waals surface area contributed by atoms with E-state index in [4.69, 9.17) is 26.2 Å². The zero-order chi connectivity index (χ0) is 19.2. The van der Waals surface area contributed by atoms with E-state index in [-0.39, 0.29) is 17.4 Å². The molecule has 2 unspecified atom stereocenters. The van der Waals surface area contributed by atoms with Gasteiger partial charge in [0.15, 0.2) is 0 Å². The molecule has 27 heavy (non-hydrogen) atoms. The minimum atomic E-state index is -0.681. The summed E-state index contributed by atoms with van der Waals surface area (Å²) >= 11 is 6.26. The predicted molar refractivity (Wildman–Crippen MR) is 104 cm³/mol. The van der Waals surface area contributed by atoms with Crippen molar-refractivity contribution in [2.75, 3.05) is 0 Å². The Morgan fingerprint density at radius 2 is 2.04 bits per heavy atom. The number of carbonyl (C=O) groups is 1. The van der Waals surface area contributed by atoms with E-state index in [1.54, 1.807) is 0 Å². The van der Waals surface area contributed by atoms with E-state index >= 15 is 0 Å². The van der Waals surface area contributed by atoms with Crippen molar-refractivity contribution in [3.63, 3.8) is 0 Å². The summed E-state index contributed by atoms with van der Waals surface area (Å²) < 4.78 is 12.0. The van der Waals surface area contributed by atoms with Gasteiger partial charge in [-0.15, -0.1) is 0 Å². The van der Waals surface area contributed by atoms with Gasteiger partial charge in [0.25, 0.3) is 0 Å². The van der Waals surface area contributed by atoms with Crippen molar-refractivity contribution in [1.29, 1.82) is 0 Å². The minimum absolute atomic E-state index is 0.171. The lowest BCUT2D eigenvalue weighted by Crippen LogP contribution is -2.25. The molecule has 5 heteroatoms. The average Bonchev–Trinajstić information content (AvgIpc) is 3.29. The molecule has 2 aliphatic rings. The van der Waals surface area contributed by atoms with Gasteiger partial charge in [-0.2, -0.15) is 0 Å². The van der Waals surface area contributed by atoms with Gasteiger partial charge in [0, 0.05) is 17.0 Å². The maximum atomic E-state index is 10.9. The third-order valence-corrected chi connectivity index (χ3v) is 5.48. The Morgan fingerprint density at radius 3 is 2.70 bits per heavy atom. The van der Waals surface area contributed by atoms with Crippen LogP contribution in [-0.2, 0) is 24.2 Å². The molecule has 0 radical (unpaired) electrons. The molecule has 2 aromatic rings. The largest absolute Gasteiger partial charge is 0.489 e. The topological polar surface area (TPSA) is 55.8 Å². The van der Waals surface area contributed by atoms with Gasteiger partial charge >= 0.3 is 5.97 Å². The molecule has 4 rings (SSSR count). The Hall–Kier alpha value is -2.20. The third-order valence-electron chi connectivity index (χ3n) is 5.26. The highest BCUT2D eigenvalue weighted by Crippen LogP contribution is 2.42. The standard InChI is InChI=1S/C22H23ClO4/c1-22(2)11-15-8-17(23)9-16(20(15)27-22)12-26-18-5-3-13(4-6-18)7-14-10-19(14)21(24)25/h3-6,8-9,14,19H,7,10-12H2,1-2H3,(H,24,25). The van der Waals surface area contributed by atoms with Crippen molar-refractivity contribution in [3.05, 3.63) is 58.1 Å². The second-order valence-corrected chi connectivity index (χ2v) is 8.61. The lowest BCUT2D eigenvalue weighted by molar-refractivity contribution is -0.138. The maximum Gasteiger partial charge on any atom is 0.306 e. The number of aliphatic carboxylic acids is 1. The summed E-state index contributed by atoms with van der Waals surface area (Å²) in [6, 6.07) is 11.7. The molecule has 1 N–H and O–H groups in total. The van der Waals surface area contributed by atoms with Gasteiger partial charge in [0.05, 0.1) is 5.92 Å². The first-order valence-corrected chi connectivity index (χ1v) is 9.63. The van der Waals surface area contributed by atoms with Crippen LogP contribution in [-0.4, -0.2) is 16.7 Å². The van der Waals surface area contributed by atoms with Crippen LogP contribution in [0.2, 0.25) is 5.02 Å². The fraction of sp³-hybridized carbons (Fsp3) is 0.409. The van der Waals surface area contributed by atoms with Crippen LogP contribution < -0.4 is 9.47 Å². The van der Waals surface area contributed by atoms with Crippen molar-refractivity contribution in [2.45, 2.75) is 45.3 Å². The molecule has 4 nitrogen and oxygen atoms in total. The molecule has 0 aromatic heterocycles. The van der Waals surface area contributed by atoms with Gasteiger partial charge in [-0.25, -0.2) is 0 Å². The molecule has 1 heterocycles. The number of carboxylic acids is 1. The van der Waals surface area contributed by atoms with Crippen molar-refractivity contribution in [1.82, 2.24) is 0 Å². The van der Waals surface area contributed by atoms with Gasteiger partial charge in [-0.1, -0.05) is 23.7 Å². The number of benzene rings is 2. The van der Waals surface area contributed by atoms with Gasteiger partial charge < -0.3 is 14.6 Å². The second-order valence-electron chi connectivity index (χ2n) is 8.17. The van der Waals surface area contributed by atoms with Crippen molar-refractivity contribution < 1.29 is 19.4 Å². The fourth-order valence-corrected chi connectivity index (χ4v) is 4.08. The van der Waals surface area contributed by atoms with Gasteiger partial charge in [0.2, 0.25) is 0 Å². The minimum Gasteiger partial charge on any atom is -0.489 e. The zero-order valence-corrected chi connectivity index (χ0v) is 16.3. The summed E-state index contributed by atoms with van der Waals surface area (Å²) in [6.07, 6.45) is 2.43. The Kier molecular flexibility index (Phi) is 4.55. The van der Waals surface area contributed by atoms with Crippen molar-refractivity contribution in [3.8, 4) is 11.5 Å². The third kappa shape index (κ3) is 4.06. The van der Waals surface area contributed by atoms with Crippen LogP contribution in [0.25, 0.3) is 0 Å². The predicted octanol–water partition coefficient (Wildman–Crippen LogP) is 4.90. The second kappa shape index (κ2) is 6.75.